The third kappa shape index (κ3) is 5.80. The zero-order valence-electron chi connectivity index (χ0n) is 17.6. The van der Waals surface area contributed by atoms with Gasteiger partial charge in [0.15, 0.2) is 5.75 Å². The van der Waals surface area contributed by atoms with Gasteiger partial charge in [0.25, 0.3) is 0 Å². The Hall–Kier alpha value is -1.92. The number of allylic oxidation sites excluding steroid dienone is 1. The molecule has 1 unspecified atom stereocenters. The van der Waals surface area contributed by atoms with Crippen LogP contribution >= 0.6 is 23.2 Å². The number of rotatable bonds is 7. The van der Waals surface area contributed by atoms with E-state index in [1.54, 1.807) is 26.0 Å². The monoisotopic (exact) mass is 442 g/mol. The third-order valence-corrected chi connectivity index (χ3v) is 4.72. The van der Waals surface area contributed by atoms with Gasteiger partial charge in [0.05, 0.1) is 34.4 Å². The van der Waals surface area contributed by atoms with Gasteiger partial charge in [-0.2, -0.15) is 0 Å². The first kappa shape index (κ1) is 23.4. The number of benzene rings is 1. The van der Waals surface area contributed by atoms with Crippen molar-refractivity contribution < 1.29 is 19.1 Å². The molecular weight excluding hydrogens is 415 g/mol. The molecule has 1 aromatic rings. The van der Waals surface area contributed by atoms with Crippen LogP contribution in [0.25, 0.3) is 0 Å². The Bertz CT molecular complexity index is 796. The first-order valence-electron chi connectivity index (χ1n) is 9.65. The molecule has 2 N–H and O–H groups in total. The number of hydrogen-bond acceptors (Lipinski definition) is 4. The Labute approximate surface area is 181 Å². The Kier molecular flexibility index (Phi) is 7.83. The predicted molar refractivity (Wildman–Crippen MR) is 114 cm³/mol. The van der Waals surface area contributed by atoms with Gasteiger partial charge < -0.3 is 20.1 Å². The molecular formula is C21H28Cl2N2O4. The van der Waals surface area contributed by atoms with E-state index in [0.717, 1.165) is 0 Å². The molecule has 0 aliphatic carbocycles. The Morgan fingerprint density at radius 3 is 2.17 bits per heavy atom. The molecule has 0 spiro atoms. The van der Waals surface area contributed by atoms with Crippen LogP contribution in [-0.4, -0.2) is 24.7 Å². The van der Waals surface area contributed by atoms with Gasteiger partial charge in [-0.1, -0.05) is 50.9 Å². The van der Waals surface area contributed by atoms with E-state index in [1.165, 1.54) is 0 Å². The molecule has 0 fully saturated rings. The Morgan fingerprint density at radius 2 is 1.69 bits per heavy atom. The minimum Gasteiger partial charge on any atom is -0.490 e. The fourth-order valence-corrected chi connectivity index (χ4v) is 3.54. The molecule has 6 nitrogen and oxygen atoms in total. The molecule has 0 saturated heterocycles. The van der Waals surface area contributed by atoms with Crippen molar-refractivity contribution in [3.05, 3.63) is 39.0 Å². The minimum atomic E-state index is -0.749. The van der Waals surface area contributed by atoms with Gasteiger partial charge in [-0.3, -0.25) is 0 Å². The highest BCUT2D eigenvalue weighted by Crippen LogP contribution is 2.39. The standard InChI is InChI=1S/C21H28Cl2N2O4/c1-10(2)9-28-19-14(22)7-13(8-15(19)23)18-16(20(26)29-12(5)6)17(11(3)4)24-21(27)25-18/h7-8,10-12,18H,9H2,1-6H3,(H2,24,25,27). The van der Waals surface area contributed by atoms with Gasteiger partial charge in [0.2, 0.25) is 0 Å². The number of carbonyl (C=O) groups excluding carboxylic acids is 2. The van der Waals surface area contributed by atoms with E-state index >= 15 is 0 Å². The van der Waals surface area contributed by atoms with Gasteiger partial charge in [-0.05, 0) is 43.4 Å². The summed E-state index contributed by atoms with van der Waals surface area (Å²) in [5, 5.41) is 6.13. The number of nitrogens with one attached hydrogen (secondary N) is 2. The highest BCUT2D eigenvalue weighted by atomic mass is 35.5. The van der Waals surface area contributed by atoms with Crippen LogP contribution in [0.3, 0.4) is 0 Å². The van der Waals surface area contributed by atoms with E-state index in [4.69, 9.17) is 32.7 Å². The largest absolute Gasteiger partial charge is 0.490 e. The van der Waals surface area contributed by atoms with Gasteiger partial charge >= 0.3 is 12.0 Å². The second-order valence-electron chi connectivity index (χ2n) is 7.99. The topological polar surface area (TPSA) is 76.7 Å². The van der Waals surface area contributed by atoms with Gasteiger partial charge in [-0.15, -0.1) is 0 Å². The van der Waals surface area contributed by atoms with Crippen molar-refractivity contribution in [2.75, 3.05) is 6.61 Å². The van der Waals surface area contributed by atoms with Crippen LogP contribution in [0.15, 0.2) is 23.4 Å². The lowest BCUT2D eigenvalue weighted by Gasteiger charge is -2.31. The van der Waals surface area contributed by atoms with Gasteiger partial charge in [0, 0.05) is 5.70 Å². The quantitative estimate of drug-likeness (QED) is 0.565. The molecule has 1 aliphatic heterocycles. The zero-order chi connectivity index (χ0) is 21.9. The fraction of sp³-hybridized carbons (Fsp3) is 0.524. The summed E-state index contributed by atoms with van der Waals surface area (Å²) in [6.45, 7) is 11.8. The van der Waals surface area contributed by atoms with Crippen molar-refractivity contribution in [2.24, 2.45) is 11.8 Å². The number of halogens is 2. The molecule has 0 saturated carbocycles. The van der Waals surface area contributed by atoms with Crippen LogP contribution in [0.1, 0.15) is 53.1 Å². The highest BCUT2D eigenvalue weighted by molar-refractivity contribution is 6.37. The molecule has 29 heavy (non-hydrogen) atoms. The number of hydrogen-bond donors (Lipinski definition) is 2. The molecule has 1 atom stereocenters. The van der Waals surface area contributed by atoms with Crippen molar-refractivity contribution in [1.82, 2.24) is 10.6 Å². The maximum Gasteiger partial charge on any atom is 0.338 e. The first-order valence-corrected chi connectivity index (χ1v) is 10.4. The van der Waals surface area contributed by atoms with Crippen molar-refractivity contribution in [3.8, 4) is 5.75 Å². The van der Waals surface area contributed by atoms with Gasteiger partial charge in [0.1, 0.15) is 0 Å². The maximum absolute atomic E-state index is 12.9. The van der Waals surface area contributed by atoms with Crippen LogP contribution in [0, 0.1) is 11.8 Å². The second kappa shape index (κ2) is 9.72. The highest BCUT2D eigenvalue weighted by Gasteiger charge is 2.35. The lowest BCUT2D eigenvalue weighted by molar-refractivity contribution is -0.143. The van der Waals surface area contributed by atoms with Crippen molar-refractivity contribution in [3.63, 3.8) is 0 Å². The Morgan fingerprint density at radius 1 is 1.10 bits per heavy atom. The molecule has 2 amide bonds. The molecule has 0 bridgehead atoms. The molecule has 2 rings (SSSR count). The summed E-state index contributed by atoms with van der Waals surface area (Å²) in [4.78, 5) is 25.1. The van der Waals surface area contributed by atoms with E-state index in [9.17, 15) is 9.59 Å². The van der Waals surface area contributed by atoms with E-state index in [-0.39, 0.29) is 12.0 Å². The molecule has 0 radical (unpaired) electrons. The fourth-order valence-electron chi connectivity index (χ4n) is 2.93. The summed E-state index contributed by atoms with van der Waals surface area (Å²) >= 11 is 12.8. The average Bonchev–Trinajstić information content (AvgIpc) is 2.58. The second-order valence-corrected chi connectivity index (χ2v) is 8.80. The summed E-state index contributed by atoms with van der Waals surface area (Å²) in [7, 11) is 0. The lowest BCUT2D eigenvalue weighted by Crippen LogP contribution is -2.47. The van der Waals surface area contributed by atoms with Crippen LogP contribution in [0.4, 0.5) is 4.79 Å². The summed E-state index contributed by atoms with van der Waals surface area (Å²) in [5.74, 6) is 0.0799. The predicted octanol–water partition coefficient (Wildman–Crippen LogP) is 5.24. The van der Waals surface area contributed by atoms with Crippen LogP contribution in [0.5, 0.6) is 5.75 Å². The third-order valence-electron chi connectivity index (χ3n) is 4.16. The first-order chi connectivity index (χ1) is 13.5. The SMILES string of the molecule is CC(C)COc1c(Cl)cc(C2NC(=O)NC(C(C)C)=C2C(=O)OC(C)C)cc1Cl. The number of urea groups is 1. The molecule has 1 aromatic carbocycles. The van der Waals surface area contributed by atoms with Crippen molar-refractivity contribution >= 4 is 35.2 Å². The van der Waals surface area contributed by atoms with Crippen LogP contribution < -0.4 is 15.4 Å². The number of carbonyl (C=O) groups is 2. The van der Waals surface area contributed by atoms with Crippen LogP contribution in [-0.2, 0) is 9.53 Å². The minimum absolute atomic E-state index is 0.0992. The molecule has 160 valence electrons. The molecule has 1 heterocycles. The Balaban J connectivity index is 2.53. The summed E-state index contributed by atoms with van der Waals surface area (Å²) in [6, 6.07) is 2.15. The van der Waals surface area contributed by atoms with E-state index in [0.29, 0.717) is 45.2 Å². The van der Waals surface area contributed by atoms with Crippen LogP contribution in [0.2, 0.25) is 10.0 Å². The zero-order valence-corrected chi connectivity index (χ0v) is 19.1. The lowest BCUT2D eigenvalue weighted by atomic mass is 9.91. The molecule has 0 aromatic heterocycles. The number of esters is 1. The van der Waals surface area contributed by atoms with Crippen molar-refractivity contribution in [2.45, 2.75) is 53.7 Å². The molecule has 1 aliphatic rings. The number of ether oxygens (including phenoxy) is 2. The smallest absolute Gasteiger partial charge is 0.338 e. The maximum atomic E-state index is 12.9. The normalized spacial score (nSPS) is 16.9. The summed E-state index contributed by atoms with van der Waals surface area (Å²) in [6.07, 6.45) is -0.305. The number of amides is 2. The summed E-state index contributed by atoms with van der Waals surface area (Å²) < 4.78 is 11.1. The van der Waals surface area contributed by atoms with Gasteiger partial charge in [-0.25, -0.2) is 9.59 Å². The van der Waals surface area contributed by atoms with E-state index in [2.05, 4.69) is 10.6 Å². The van der Waals surface area contributed by atoms with E-state index < -0.39 is 18.0 Å². The molecule has 8 heteroatoms. The van der Waals surface area contributed by atoms with Crippen molar-refractivity contribution in [1.29, 1.82) is 0 Å². The summed E-state index contributed by atoms with van der Waals surface area (Å²) in [5.41, 5.74) is 1.41. The average molecular weight is 443 g/mol. The van der Waals surface area contributed by atoms with E-state index in [1.807, 2.05) is 27.7 Å².